The van der Waals surface area contributed by atoms with Crippen molar-refractivity contribution in [3.63, 3.8) is 0 Å². The van der Waals surface area contributed by atoms with Gasteiger partial charge in [-0.2, -0.15) is 0 Å². The van der Waals surface area contributed by atoms with Crippen molar-refractivity contribution in [3.8, 4) is 0 Å². The molecule has 0 amide bonds. The van der Waals surface area contributed by atoms with Crippen LogP contribution in [-0.2, 0) is 6.42 Å². The van der Waals surface area contributed by atoms with Gasteiger partial charge in [-0.05, 0) is 31.0 Å². The van der Waals surface area contributed by atoms with Crippen LogP contribution in [0.4, 0.5) is 5.69 Å². The Morgan fingerprint density at radius 1 is 1.43 bits per heavy atom. The third-order valence-corrected chi connectivity index (χ3v) is 2.56. The molecule has 1 atom stereocenters. The molecule has 0 saturated heterocycles. The Kier molecular flexibility index (Phi) is 3.96. The van der Waals surface area contributed by atoms with Crippen LogP contribution in [0.25, 0.3) is 0 Å². The van der Waals surface area contributed by atoms with E-state index < -0.39 is 0 Å². The van der Waals surface area contributed by atoms with Crippen LogP contribution < -0.4 is 10.6 Å². The summed E-state index contributed by atoms with van der Waals surface area (Å²) in [6.07, 6.45) is 0.917. The molecule has 0 radical (unpaired) electrons. The van der Waals surface area contributed by atoms with Crippen LogP contribution in [0.2, 0.25) is 0 Å². The molecule has 0 aliphatic heterocycles. The molecule has 2 nitrogen and oxygen atoms in total. The molecular weight excluding hydrogens is 240 g/mol. The fraction of sp³-hybridized carbons (Fsp3) is 0.455. The van der Waals surface area contributed by atoms with E-state index in [2.05, 4.69) is 39.0 Å². The molecule has 1 unspecified atom stereocenters. The molecule has 0 spiro atoms. The van der Waals surface area contributed by atoms with Gasteiger partial charge in [0.15, 0.2) is 0 Å². The highest BCUT2D eigenvalue weighted by atomic mass is 79.9. The maximum atomic E-state index is 5.80. The minimum absolute atomic E-state index is 0.204. The van der Waals surface area contributed by atoms with Crippen LogP contribution in [-0.4, -0.2) is 20.1 Å². The monoisotopic (exact) mass is 256 g/mol. The van der Waals surface area contributed by atoms with Crippen molar-refractivity contribution >= 4 is 21.6 Å². The molecule has 0 bridgehead atoms. The molecule has 1 aromatic rings. The van der Waals surface area contributed by atoms with Crippen LogP contribution in [0, 0.1) is 0 Å². The molecule has 14 heavy (non-hydrogen) atoms. The maximum absolute atomic E-state index is 5.80. The van der Waals surface area contributed by atoms with Gasteiger partial charge >= 0.3 is 0 Å². The molecule has 1 aromatic carbocycles. The molecule has 1 rings (SSSR count). The Hall–Kier alpha value is -0.540. The Balaban J connectivity index is 3.02. The molecule has 0 aliphatic carbocycles. The third-order valence-electron chi connectivity index (χ3n) is 2.07. The van der Waals surface area contributed by atoms with Gasteiger partial charge in [0.1, 0.15) is 0 Å². The zero-order valence-electron chi connectivity index (χ0n) is 8.92. The number of hydrogen-bond donors (Lipinski definition) is 1. The molecule has 3 heteroatoms. The van der Waals surface area contributed by atoms with Crippen molar-refractivity contribution in [1.82, 2.24) is 0 Å². The van der Waals surface area contributed by atoms with Gasteiger partial charge in [0.25, 0.3) is 0 Å². The Morgan fingerprint density at radius 3 is 2.57 bits per heavy atom. The predicted molar refractivity (Wildman–Crippen MR) is 65.8 cm³/mol. The number of benzene rings is 1. The van der Waals surface area contributed by atoms with E-state index in [9.17, 15) is 0 Å². The minimum Gasteiger partial charge on any atom is -0.377 e. The lowest BCUT2D eigenvalue weighted by Crippen LogP contribution is -2.20. The summed E-state index contributed by atoms with van der Waals surface area (Å²) in [6.45, 7) is 2.03. The lowest BCUT2D eigenvalue weighted by atomic mass is 10.1. The zero-order chi connectivity index (χ0) is 10.7. The van der Waals surface area contributed by atoms with Gasteiger partial charge in [0.05, 0.1) is 0 Å². The number of nitrogens with zero attached hydrogens (tertiary/aromatic N) is 1. The molecule has 2 N–H and O–H groups in total. The minimum atomic E-state index is 0.204. The molecular formula is C11H17BrN2. The van der Waals surface area contributed by atoms with Crippen molar-refractivity contribution in [2.24, 2.45) is 5.73 Å². The lowest BCUT2D eigenvalue weighted by Gasteiger charge is -2.19. The first kappa shape index (κ1) is 11.5. The standard InChI is InChI=1S/C11H17BrN2/c1-8(13)6-9-4-5-10(12)7-11(9)14(2)3/h4-5,7-8H,6,13H2,1-3H3. The summed E-state index contributed by atoms with van der Waals surface area (Å²) >= 11 is 3.47. The fourth-order valence-corrected chi connectivity index (χ4v) is 1.82. The molecule has 0 fully saturated rings. The van der Waals surface area contributed by atoms with Crippen molar-refractivity contribution in [2.75, 3.05) is 19.0 Å². The highest BCUT2D eigenvalue weighted by Crippen LogP contribution is 2.24. The lowest BCUT2D eigenvalue weighted by molar-refractivity contribution is 0.736. The smallest absolute Gasteiger partial charge is 0.0405 e. The zero-order valence-corrected chi connectivity index (χ0v) is 10.5. The van der Waals surface area contributed by atoms with Crippen molar-refractivity contribution in [1.29, 1.82) is 0 Å². The average molecular weight is 257 g/mol. The molecule has 0 aromatic heterocycles. The summed E-state index contributed by atoms with van der Waals surface area (Å²) < 4.78 is 1.11. The van der Waals surface area contributed by atoms with Gasteiger partial charge in [-0.3, -0.25) is 0 Å². The highest BCUT2D eigenvalue weighted by Gasteiger charge is 2.06. The van der Waals surface area contributed by atoms with Gasteiger partial charge < -0.3 is 10.6 Å². The molecule has 0 heterocycles. The molecule has 78 valence electrons. The van der Waals surface area contributed by atoms with Gasteiger partial charge in [-0.1, -0.05) is 22.0 Å². The van der Waals surface area contributed by atoms with Crippen molar-refractivity contribution in [3.05, 3.63) is 28.2 Å². The van der Waals surface area contributed by atoms with Crippen molar-refractivity contribution in [2.45, 2.75) is 19.4 Å². The normalized spacial score (nSPS) is 12.6. The number of rotatable bonds is 3. The Bertz CT molecular complexity index is 308. The summed E-state index contributed by atoms with van der Waals surface area (Å²) in [4.78, 5) is 2.11. The van der Waals surface area contributed by atoms with E-state index in [4.69, 9.17) is 5.73 Å². The number of nitrogens with two attached hydrogens (primary N) is 1. The van der Waals surface area contributed by atoms with Gasteiger partial charge in [-0.15, -0.1) is 0 Å². The summed E-state index contributed by atoms with van der Waals surface area (Å²) in [5.74, 6) is 0. The van der Waals surface area contributed by atoms with E-state index in [1.54, 1.807) is 0 Å². The van der Waals surface area contributed by atoms with E-state index in [1.807, 2.05) is 21.0 Å². The van der Waals surface area contributed by atoms with E-state index in [-0.39, 0.29) is 6.04 Å². The first-order valence-corrected chi connectivity index (χ1v) is 5.51. The largest absolute Gasteiger partial charge is 0.377 e. The maximum Gasteiger partial charge on any atom is 0.0405 e. The van der Waals surface area contributed by atoms with E-state index in [0.717, 1.165) is 10.9 Å². The summed E-state index contributed by atoms with van der Waals surface area (Å²) in [5.41, 5.74) is 8.33. The summed E-state index contributed by atoms with van der Waals surface area (Å²) in [7, 11) is 4.10. The first-order chi connectivity index (χ1) is 6.50. The highest BCUT2D eigenvalue weighted by molar-refractivity contribution is 9.10. The van der Waals surface area contributed by atoms with E-state index in [1.165, 1.54) is 11.3 Å². The SMILES string of the molecule is CC(N)Cc1ccc(Br)cc1N(C)C. The fourth-order valence-electron chi connectivity index (χ4n) is 1.47. The number of halogens is 1. The second-order valence-corrected chi connectivity index (χ2v) is 4.76. The predicted octanol–water partition coefficient (Wildman–Crippen LogP) is 2.40. The summed E-state index contributed by atoms with van der Waals surface area (Å²) in [6, 6.07) is 6.51. The number of anilines is 1. The van der Waals surface area contributed by atoms with Crippen LogP contribution >= 0.6 is 15.9 Å². The van der Waals surface area contributed by atoms with Crippen LogP contribution in [0.1, 0.15) is 12.5 Å². The number of hydrogen-bond acceptors (Lipinski definition) is 2. The molecule has 0 saturated carbocycles. The average Bonchev–Trinajstić information content (AvgIpc) is 2.07. The quantitative estimate of drug-likeness (QED) is 0.900. The van der Waals surface area contributed by atoms with E-state index in [0.29, 0.717) is 0 Å². The van der Waals surface area contributed by atoms with Gasteiger partial charge in [0.2, 0.25) is 0 Å². The Labute approximate surface area is 94.2 Å². The second kappa shape index (κ2) is 4.80. The topological polar surface area (TPSA) is 29.3 Å². The van der Waals surface area contributed by atoms with Crippen molar-refractivity contribution < 1.29 is 0 Å². The van der Waals surface area contributed by atoms with E-state index >= 15 is 0 Å². The Morgan fingerprint density at radius 2 is 2.07 bits per heavy atom. The second-order valence-electron chi connectivity index (χ2n) is 3.85. The van der Waals surface area contributed by atoms with Crippen LogP contribution in [0.3, 0.4) is 0 Å². The summed E-state index contributed by atoms with van der Waals surface area (Å²) in [5, 5.41) is 0. The van der Waals surface area contributed by atoms with Crippen LogP contribution in [0.5, 0.6) is 0 Å². The molecule has 0 aliphatic rings. The third kappa shape index (κ3) is 3.00. The van der Waals surface area contributed by atoms with Gasteiger partial charge in [-0.25, -0.2) is 0 Å². The van der Waals surface area contributed by atoms with Crippen LogP contribution in [0.15, 0.2) is 22.7 Å². The van der Waals surface area contributed by atoms with Gasteiger partial charge in [0, 0.05) is 30.3 Å². The first-order valence-electron chi connectivity index (χ1n) is 4.72.